The van der Waals surface area contributed by atoms with Gasteiger partial charge in [0.15, 0.2) is 0 Å². The highest BCUT2D eigenvalue weighted by molar-refractivity contribution is 6.30. The molecule has 1 aliphatic heterocycles. The van der Waals surface area contributed by atoms with Gasteiger partial charge in [0, 0.05) is 24.1 Å². The van der Waals surface area contributed by atoms with Crippen LogP contribution in [0, 0.1) is 12.8 Å². The van der Waals surface area contributed by atoms with Gasteiger partial charge in [-0.25, -0.2) is 9.97 Å². The molecule has 1 aromatic heterocycles. The summed E-state index contributed by atoms with van der Waals surface area (Å²) in [6.45, 7) is 11.9. The normalized spacial score (nSPS) is 24.1. The summed E-state index contributed by atoms with van der Waals surface area (Å²) in [6, 6.07) is 0. The highest BCUT2D eigenvalue weighted by atomic mass is 35.5. The monoisotopic (exact) mass is 297 g/mol. The van der Waals surface area contributed by atoms with Crippen molar-refractivity contribution in [1.82, 2.24) is 9.97 Å². The number of aliphatic hydroxyl groups is 1. The van der Waals surface area contributed by atoms with Gasteiger partial charge in [-0.05, 0) is 19.3 Å². The molecule has 4 nitrogen and oxygen atoms in total. The van der Waals surface area contributed by atoms with Crippen molar-refractivity contribution in [3.63, 3.8) is 0 Å². The number of anilines is 1. The SMILES string of the molecule is Cc1c(Cl)nc(C(C)(C)C)nc1N1CCC(O)C(C)C1. The lowest BCUT2D eigenvalue weighted by atomic mass is 9.95. The Bertz CT molecular complexity index is 499. The molecule has 1 N–H and O–H groups in total. The van der Waals surface area contributed by atoms with Crippen LogP contribution < -0.4 is 4.90 Å². The van der Waals surface area contributed by atoms with E-state index in [4.69, 9.17) is 16.6 Å². The van der Waals surface area contributed by atoms with Gasteiger partial charge < -0.3 is 10.0 Å². The molecule has 0 spiro atoms. The average Bonchev–Trinajstić information content (AvgIpc) is 2.34. The van der Waals surface area contributed by atoms with E-state index in [9.17, 15) is 5.11 Å². The van der Waals surface area contributed by atoms with E-state index in [1.165, 1.54) is 0 Å². The van der Waals surface area contributed by atoms with Crippen molar-refractivity contribution in [2.24, 2.45) is 5.92 Å². The second-order valence-electron chi connectivity index (χ2n) is 6.82. The van der Waals surface area contributed by atoms with E-state index in [0.717, 1.165) is 36.7 Å². The van der Waals surface area contributed by atoms with Gasteiger partial charge in [-0.15, -0.1) is 0 Å². The smallest absolute Gasteiger partial charge is 0.137 e. The Morgan fingerprint density at radius 1 is 1.30 bits per heavy atom. The number of halogens is 1. The Balaban J connectivity index is 2.38. The van der Waals surface area contributed by atoms with Crippen LogP contribution in [0.15, 0.2) is 0 Å². The molecule has 0 saturated carbocycles. The number of aliphatic hydroxyl groups excluding tert-OH is 1. The molecule has 0 aromatic carbocycles. The highest BCUT2D eigenvalue weighted by Gasteiger charge is 2.28. The molecule has 0 radical (unpaired) electrons. The predicted octanol–water partition coefficient (Wildman–Crippen LogP) is 2.94. The van der Waals surface area contributed by atoms with Crippen LogP contribution in [-0.4, -0.2) is 34.3 Å². The molecular weight excluding hydrogens is 274 g/mol. The molecule has 0 bridgehead atoms. The molecule has 112 valence electrons. The number of hydrogen-bond donors (Lipinski definition) is 1. The summed E-state index contributed by atoms with van der Waals surface area (Å²) in [5.74, 6) is 1.92. The largest absolute Gasteiger partial charge is 0.393 e. The summed E-state index contributed by atoms with van der Waals surface area (Å²) in [7, 11) is 0. The fourth-order valence-corrected chi connectivity index (χ4v) is 2.61. The van der Waals surface area contributed by atoms with Gasteiger partial charge >= 0.3 is 0 Å². The van der Waals surface area contributed by atoms with Crippen molar-refractivity contribution in [2.45, 2.75) is 52.6 Å². The topological polar surface area (TPSA) is 49.2 Å². The Hall–Kier alpha value is -0.870. The first-order valence-corrected chi connectivity index (χ1v) is 7.55. The zero-order valence-electron chi connectivity index (χ0n) is 12.9. The molecule has 1 saturated heterocycles. The van der Waals surface area contributed by atoms with Crippen molar-refractivity contribution >= 4 is 17.4 Å². The van der Waals surface area contributed by atoms with E-state index in [-0.39, 0.29) is 17.4 Å². The van der Waals surface area contributed by atoms with E-state index < -0.39 is 0 Å². The van der Waals surface area contributed by atoms with Crippen LogP contribution in [-0.2, 0) is 5.41 Å². The molecule has 1 aliphatic rings. The van der Waals surface area contributed by atoms with Crippen LogP contribution in [0.2, 0.25) is 5.15 Å². The Labute approximate surface area is 126 Å². The number of piperidine rings is 1. The van der Waals surface area contributed by atoms with Crippen LogP contribution in [0.1, 0.15) is 45.5 Å². The number of rotatable bonds is 1. The third-order valence-electron chi connectivity index (χ3n) is 3.89. The van der Waals surface area contributed by atoms with Crippen LogP contribution >= 0.6 is 11.6 Å². The maximum absolute atomic E-state index is 9.86. The van der Waals surface area contributed by atoms with Gasteiger partial charge in [0.05, 0.1) is 6.10 Å². The number of nitrogens with zero attached hydrogens (tertiary/aromatic N) is 3. The molecule has 0 aliphatic carbocycles. The minimum absolute atomic E-state index is 0.132. The molecule has 20 heavy (non-hydrogen) atoms. The lowest BCUT2D eigenvalue weighted by molar-refractivity contribution is 0.0968. The summed E-state index contributed by atoms with van der Waals surface area (Å²) in [4.78, 5) is 11.4. The summed E-state index contributed by atoms with van der Waals surface area (Å²) in [5.41, 5.74) is 0.788. The molecule has 1 fully saturated rings. The zero-order valence-corrected chi connectivity index (χ0v) is 13.7. The van der Waals surface area contributed by atoms with Crippen LogP contribution in [0.5, 0.6) is 0 Å². The van der Waals surface area contributed by atoms with Gasteiger partial charge in [0.25, 0.3) is 0 Å². The third-order valence-corrected chi connectivity index (χ3v) is 4.26. The average molecular weight is 298 g/mol. The minimum atomic E-state index is -0.217. The minimum Gasteiger partial charge on any atom is -0.393 e. The molecule has 2 atom stereocenters. The molecule has 2 heterocycles. The van der Waals surface area contributed by atoms with Crippen molar-refractivity contribution in [3.8, 4) is 0 Å². The molecule has 1 aromatic rings. The lowest BCUT2D eigenvalue weighted by Gasteiger charge is -2.36. The maximum Gasteiger partial charge on any atom is 0.137 e. The molecule has 5 heteroatoms. The van der Waals surface area contributed by atoms with Gasteiger partial charge in [-0.2, -0.15) is 0 Å². The fourth-order valence-electron chi connectivity index (χ4n) is 2.45. The summed E-state index contributed by atoms with van der Waals surface area (Å²) in [6.07, 6.45) is 0.554. The second kappa shape index (κ2) is 5.49. The van der Waals surface area contributed by atoms with Gasteiger partial charge in [0.1, 0.15) is 16.8 Å². The van der Waals surface area contributed by atoms with E-state index in [1.807, 2.05) is 6.92 Å². The summed E-state index contributed by atoms with van der Waals surface area (Å²) >= 11 is 6.28. The molecular formula is C15H24ClN3O. The standard InChI is InChI=1S/C15H24ClN3O/c1-9-8-19(7-6-11(9)20)13-10(2)12(16)17-14(18-13)15(3,4)5/h9,11,20H,6-8H2,1-5H3. The lowest BCUT2D eigenvalue weighted by Crippen LogP contribution is -2.43. The van der Waals surface area contributed by atoms with Crippen molar-refractivity contribution < 1.29 is 5.11 Å². The van der Waals surface area contributed by atoms with E-state index >= 15 is 0 Å². The first kappa shape index (κ1) is 15.5. The van der Waals surface area contributed by atoms with Crippen molar-refractivity contribution in [1.29, 1.82) is 0 Å². The van der Waals surface area contributed by atoms with Crippen LogP contribution in [0.3, 0.4) is 0 Å². The summed E-state index contributed by atoms with van der Waals surface area (Å²) in [5, 5.41) is 10.4. The fraction of sp³-hybridized carbons (Fsp3) is 0.733. The quantitative estimate of drug-likeness (QED) is 0.810. The number of hydrogen-bond acceptors (Lipinski definition) is 4. The number of aromatic nitrogens is 2. The second-order valence-corrected chi connectivity index (χ2v) is 7.17. The predicted molar refractivity (Wildman–Crippen MR) is 82.5 cm³/mol. The molecule has 0 amide bonds. The Morgan fingerprint density at radius 2 is 1.95 bits per heavy atom. The van der Waals surface area contributed by atoms with Crippen molar-refractivity contribution in [3.05, 3.63) is 16.5 Å². The zero-order chi connectivity index (χ0) is 15.1. The van der Waals surface area contributed by atoms with E-state index in [1.54, 1.807) is 0 Å². The molecule has 2 unspecified atom stereocenters. The maximum atomic E-state index is 9.86. The third kappa shape index (κ3) is 3.07. The van der Waals surface area contributed by atoms with Gasteiger partial charge in [-0.1, -0.05) is 39.3 Å². The van der Waals surface area contributed by atoms with Gasteiger partial charge in [0.2, 0.25) is 0 Å². The Kier molecular flexibility index (Phi) is 4.26. The van der Waals surface area contributed by atoms with Gasteiger partial charge in [-0.3, -0.25) is 0 Å². The van der Waals surface area contributed by atoms with Crippen LogP contribution in [0.4, 0.5) is 5.82 Å². The van der Waals surface area contributed by atoms with E-state index in [0.29, 0.717) is 5.15 Å². The van der Waals surface area contributed by atoms with Crippen molar-refractivity contribution in [2.75, 3.05) is 18.0 Å². The molecule has 2 rings (SSSR count). The first-order chi connectivity index (χ1) is 9.20. The first-order valence-electron chi connectivity index (χ1n) is 7.17. The summed E-state index contributed by atoms with van der Waals surface area (Å²) < 4.78 is 0. The Morgan fingerprint density at radius 3 is 2.50 bits per heavy atom. The highest BCUT2D eigenvalue weighted by Crippen LogP contribution is 2.30. The van der Waals surface area contributed by atoms with E-state index in [2.05, 4.69) is 37.6 Å². The van der Waals surface area contributed by atoms with Crippen LogP contribution in [0.25, 0.3) is 0 Å².